The topological polar surface area (TPSA) is 90.2 Å². The van der Waals surface area contributed by atoms with Crippen molar-refractivity contribution in [3.05, 3.63) is 83.2 Å². The van der Waals surface area contributed by atoms with Gasteiger partial charge in [-0.25, -0.2) is 8.42 Å². The van der Waals surface area contributed by atoms with E-state index >= 15 is 0 Å². The van der Waals surface area contributed by atoms with Crippen LogP contribution in [0.4, 0.5) is 5.69 Å². The summed E-state index contributed by atoms with van der Waals surface area (Å²) < 4.78 is 25.4. The fourth-order valence-electron chi connectivity index (χ4n) is 2.33. The molecule has 0 aliphatic heterocycles. The number of aromatic nitrogens is 1. The molecular weight excluding hydrogens is 328 g/mol. The molecule has 0 N–H and O–H groups in total. The molecule has 3 rings (SSSR count). The number of nitro groups is 1. The molecule has 0 aliphatic carbocycles. The van der Waals surface area contributed by atoms with Gasteiger partial charge >= 0.3 is 0 Å². The smallest absolute Gasteiger partial charge is 0.264 e. The molecule has 0 saturated heterocycles. The first-order valence-corrected chi connectivity index (χ1v) is 8.47. The first-order valence-electron chi connectivity index (χ1n) is 6.99. The monoisotopic (exact) mass is 340 g/mol. The van der Waals surface area contributed by atoms with E-state index in [0.717, 1.165) is 0 Å². The number of hydrogen-bond donors (Lipinski definition) is 0. The molecule has 0 aliphatic rings. The minimum atomic E-state index is -3.97. The lowest BCUT2D eigenvalue weighted by molar-refractivity contribution is -0.387. The van der Waals surface area contributed by atoms with Gasteiger partial charge < -0.3 is 0 Å². The highest BCUT2D eigenvalue weighted by Gasteiger charge is 2.27. The molecule has 0 bridgehead atoms. The summed E-state index contributed by atoms with van der Waals surface area (Å²) in [6, 6.07) is 15.2. The third-order valence-corrected chi connectivity index (χ3v) is 5.31. The molecule has 1 heterocycles. The minimum Gasteiger partial charge on any atom is -0.264 e. The van der Waals surface area contributed by atoms with E-state index in [1.54, 1.807) is 48.8 Å². The molecule has 120 valence electrons. The Labute approximate surface area is 138 Å². The lowest BCUT2D eigenvalue weighted by Gasteiger charge is -2.07. The zero-order chi connectivity index (χ0) is 17.2. The average molecular weight is 340 g/mol. The molecule has 24 heavy (non-hydrogen) atoms. The predicted molar refractivity (Wildman–Crippen MR) is 88.2 cm³/mol. The molecule has 0 unspecified atom stereocenters. The molecule has 1 aromatic heterocycles. The van der Waals surface area contributed by atoms with E-state index in [2.05, 4.69) is 4.98 Å². The summed E-state index contributed by atoms with van der Waals surface area (Å²) in [4.78, 5) is 14.4. The van der Waals surface area contributed by atoms with Crippen molar-refractivity contribution in [1.29, 1.82) is 0 Å². The van der Waals surface area contributed by atoms with E-state index < -0.39 is 20.4 Å². The molecule has 0 spiro atoms. The molecule has 6 nitrogen and oxygen atoms in total. The molecule has 0 amide bonds. The summed E-state index contributed by atoms with van der Waals surface area (Å²) in [6.07, 6.45) is 3.15. The van der Waals surface area contributed by atoms with Crippen LogP contribution < -0.4 is 0 Å². The van der Waals surface area contributed by atoms with Gasteiger partial charge in [0.15, 0.2) is 0 Å². The number of nitrogens with zero attached hydrogens (tertiary/aromatic N) is 2. The molecule has 0 saturated carbocycles. The summed E-state index contributed by atoms with van der Waals surface area (Å²) in [5.74, 6) is 0. The number of nitro benzene ring substituents is 1. The summed E-state index contributed by atoms with van der Waals surface area (Å²) in [7, 11) is -3.97. The van der Waals surface area contributed by atoms with E-state index in [9.17, 15) is 18.5 Å². The van der Waals surface area contributed by atoms with Crippen LogP contribution in [0.1, 0.15) is 0 Å². The standard InChI is InChI=1S/C17H12N2O4S/c20-19(21)16-11-13(14-5-4-10-18-12-14)8-9-17(16)24(22,23)15-6-2-1-3-7-15/h1-12H. The Balaban J connectivity index is 2.18. The Morgan fingerprint density at radius 3 is 2.29 bits per heavy atom. The van der Waals surface area contributed by atoms with E-state index in [1.807, 2.05) is 0 Å². The predicted octanol–water partition coefficient (Wildman–Crippen LogP) is 3.49. The van der Waals surface area contributed by atoms with Crippen LogP contribution in [0.25, 0.3) is 11.1 Å². The normalized spacial score (nSPS) is 11.2. The molecule has 7 heteroatoms. The largest absolute Gasteiger partial charge is 0.288 e. The Morgan fingerprint density at radius 1 is 0.917 bits per heavy atom. The average Bonchev–Trinajstić information content (AvgIpc) is 2.62. The van der Waals surface area contributed by atoms with Crippen molar-refractivity contribution in [2.75, 3.05) is 0 Å². The number of hydrogen-bond acceptors (Lipinski definition) is 5. The van der Waals surface area contributed by atoms with Crippen LogP contribution in [0.15, 0.2) is 82.8 Å². The maximum absolute atomic E-state index is 12.7. The quantitative estimate of drug-likeness (QED) is 0.535. The van der Waals surface area contributed by atoms with Gasteiger partial charge in [0, 0.05) is 24.0 Å². The van der Waals surface area contributed by atoms with Crippen LogP contribution in [0.3, 0.4) is 0 Å². The molecule has 3 aromatic rings. The van der Waals surface area contributed by atoms with Crippen LogP contribution in [-0.4, -0.2) is 18.3 Å². The highest BCUT2D eigenvalue weighted by atomic mass is 32.2. The first kappa shape index (κ1) is 15.8. The van der Waals surface area contributed by atoms with Crippen molar-refractivity contribution in [1.82, 2.24) is 4.98 Å². The summed E-state index contributed by atoms with van der Waals surface area (Å²) in [5.41, 5.74) is 0.742. The molecule has 0 radical (unpaired) electrons. The number of pyridine rings is 1. The SMILES string of the molecule is O=[N+]([O-])c1cc(-c2cccnc2)ccc1S(=O)(=O)c1ccccc1. The zero-order valence-corrected chi connectivity index (χ0v) is 13.2. The maximum Gasteiger partial charge on any atom is 0.288 e. The van der Waals surface area contributed by atoms with Crippen molar-refractivity contribution in [2.24, 2.45) is 0 Å². The number of benzene rings is 2. The third-order valence-electron chi connectivity index (χ3n) is 3.49. The van der Waals surface area contributed by atoms with E-state index in [-0.39, 0.29) is 9.79 Å². The maximum atomic E-state index is 12.7. The van der Waals surface area contributed by atoms with E-state index in [4.69, 9.17) is 0 Å². The second-order valence-corrected chi connectivity index (χ2v) is 6.92. The van der Waals surface area contributed by atoms with Crippen molar-refractivity contribution in [2.45, 2.75) is 9.79 Å². The van der Waals surface area contributed by atoms with Crippen molar-refractivity contribution in [3.8, 4) is 11.1 Å². The van der Waals surface area contributed by atoms with E-state index in [0.29, 0.717) is 11.1 Å². The van der Waals surface area contributed by atoms with Crippen molar-refractivity contribution < 1.29 is 13.3 Å². The number of rotatable bonds is 4. The lowest BCUT2D eigenvalue weighted by Crippen LogP contribution is -2.06. The van der Waals surface area contributed by atoms with Crippen LogP contribution in [0.5, 0.6) is 0 Å². The first-order chi connectivity index (χ1) is 11.5. The highest BCUT2D eigenvalue weighted by molar-refractivity contribution is 7.91. The van der Waals surface area contributed by atoms with Gasteiger partial charge in [-0.3, -0.25) is 15.1 Å². The molecule has 0 fully saturated rings. The Bertz CT molecular complexity index is 988. The lowest BCUT2D eigenvalue weighted by atomic mass is 10.1. The van der Waals surface area contributed by atoms with E-state index in [1.165, 1.54) is 24.3 Å². The van der Waals surface area contributed by atoms with Gasteiger partial charge in [0.25, 0.3) is 5.69 Å². The minimum absolute atomic E-state index is 0.0160. The Kier molecular flexibility index (Phi) is 4.09. The molecular formula is C17H12N2O4S. The van der Waals surface area contributed by atoms with Gasteiger partial charge in [-0.2, -0.15) is 0 Å². The second kappa shape index (κ2) is 6.21. The summed E-state index contributed by atoms with van der Waals surface area (Å²) in [6.45, 7) is 0. The summed E-state index contributed by atoms with van der Waals surface area (Å²) in [5, 5.41) is 11.4. The van der Waals surface area contributed by atoms with Gasteiger partial charge in [-0.15, -0.1) is 0 Å². The summed E-state index contributed by atoms with van der Waals surface area (Å²) >= 11 is 0. The van der Waals surface area contributed by atoms with Gasteiger partial charge in [-0.05, 0) is 29.8 Å². The van der Waals surface area contributed by atoms with Crippen molar-refractivity contribution >= 4 is 15.5 Å². The molecule has 2 aromatic carbocycles. The van der Waals surface area contributed by atoms with Gasteiger partial charge in [0.1, 0.15) is 4.90 Å². The van der Waals surface area contributed by atoms with Gasteiger partial charge in [-0.1, -0.05) is 30.3 Å². The Hall–Kier alpha value is -3.06. The number of sulfone groups is 1. The van der Waals surface area contributed by atoms with Gasteiger partial charge in [0.05, 0.1) is 9.82 Å². The fraction of sp³-hybridized carbons (Fsp3) is 0. The fourth-order valence-corrected chi connectivity index (χ4v) is 3.75. The van der Waals surface area contributed by atoms with Gasteiger partial charge in [0.2, 0.25) is 9.84 Å². The Morgan fingerprint density at radius 2 is 1.67 bits per heavy atom. The second-order valence-electron chi connectivity index (χ2n) is 5.00. The van der Waals surface area contributed by atoms with Crippen LogP contribution >= 0.6 is 0 Å². The third kappa shape index (κ3) is 2.89. The zero-order valence-electron chi connectivity index (χ0n) is 12.4. The van der Waals surface area contributed by atoms with Crippen molar-refractivity contribution in [3.63, 3.8) is 0 Å². The molecule has 0 atom stereocenters. The van der Waals surface area contributed by atoms with Crippen LogP contribution in [0, 0.1) is 10.1 Å². The van der Waals surface area contributed by atoms with Crippen LogP contribution in [0.2, 0.25) is 0 Å². The van der Waals surface area contributed by atoms with Crippen LogP contribution in [-0.2, 0) is 9.84 Å². The highest BCUT2D eigenvalue weighted by Crippen LogP contribution is 2.33.